The third-order valence-corrected chi connectivity index (χ3v) is 9.55. The lowest BCUT2D eigenvalue weighted by Crippen LogP contribution is -2.43. The summed E-state index contributed by atoms with van der Waals surface area (Å²) in [5, 5.41) is 2.91. The predicted molar refractivity (Wildman–Crippen MR) is 131 cm³/mol. The topological polar surface area (TPSA) is 114 Å². The van der Waals surface area contributed by atoms with Crippen LogP contribution < -0.4 is 10.9 Å². The molecule has 1 amide bonds. The van der Waals surface area contributed by atoms with E-state index in [4.69, 9.17) is 4.74 Å². The zero-order valence-corrected chi connectivity index (χ0v) is 21.6. The third-order valence-electron chi connectivity index (χ3n) is 6.40. The van der Waals surface area contributed by atoms with Gasteiger partial charge < -0.3 is 10.1 Å². The Morgan fingerprint density at radius 2 is 1.91 bits per heavy atom. The molecule has 2 aromatic rings. The van der Waals surface area contributed by atoms with Crippen molar-refractivity contribution in [3.63, 3.8) is 0 Å². The highest BCUT2D eigenvalue weighted by Crippen LogP contribution is 2.35. The van der Waals surface area contributed by atoms with Crippen molar-refractivity contribution in [3.8, 4) is 0 Å². The van der Waals surface area contributed by atoms with E-state index in [2.05, 4.69) is 15.2 Å². The molecule has 2 aliphatic rings. The van der Waals surface area contributed by atoms with Gasteiger partial charge in [-0.15, -0.1) is 11.3 Å². The molecular weight excluding hydrogens is 478 g/mol. The Bertz CT molecular complexity index is 1190. The summed E-state index contributed by atoms with van der Waals surface area (Å²) in [4.78, 5) is 33.3. The van der Waals surface area contributed by atoms with E-state index in [1.807, 2.05) is 13.8 Å². The molecule has 2 aromatic heterocycles. The van der Waals surface area contributed by atoms with Crippen LogP contribution in [0, 0.1) is 18.8 Å². The molecule has 0 bridgehead atoms. The molecule has 0 radical (unpaired) electrons. The largest absolute Gasteiger partial charge is 0.379 e. The van der Waals surface area contributed by atoms with Crippen LogP contribution in [0.15, 0.2) is 16.0 Å². The lowest BCUT2D eigenvalue weighted by Gasteiger charge is -2.34. The van der Waals surface area contributed by atoms with Gasteiger partial charge in [0.05, 0.1) is 24.9 Å². The van der Waals surface area contributed by atoms with E-state index < -0.39 is 15.6 Å². The fourth-order valence-corrected chi connectivity index (χ4v) is 8.20. The first-order chi connectivity index (χ1) is 16.2. The molecule has 0 aliphatic carbocycles. The minimum atomic E-state index is -3.86. The van der Waals surface area contributed by atoms with Crippen molar-refractivity contribution in [2.75, 3.05) is 52.5 Å². The summed E-state index contributed by atoms with van der Waals surface area (Å²) in [6.07, 6.45) is 2.30. The van der Waals surface area contributed by atoms with Gasteiger partial charge in [-0.05, 0) is 25.2 Å². The molecule has 2 unspecified atom stereocenters. The van der Waals surface area contributed by atoms with Gasteiger partial charge in [0, 0.05) is 44.1 Å². The second-order valence-corrected chi connectivity index (χ2v) is 12.5. The van der Waals surface area contributed by atoms with E-state index in [-0.39, 0.29) is 34.6 Å². The Morgan fingerprint density at radius 1 is 1.24 bits per heavy atom. The molecule has 1 N–H and O–H groups in total. The van der Waals surface area contributed by atoms with Crippen LogP contribution in [0.4, 0.5) is 0 Å². The van der Waals surface area contributed by atoms with Gasteiger partial charge in [-0.2, -0.15) is 4.31 Å². The normalized spacial score (nSPS) is 22.8. The average molecular weight is 512 g/mol. The smallest absolute Gasteiger partial charge is 0.263 e. The van der Waals surface area contributed by atoms with E-state index in [1.165, 1.54) is 26.5 Å². The Balaban J connectivity index is 1.54. The maximum atomic E-state index is 13.6. The van der Waals surface area contributed by atoms with Crippen LogP contribution >= 0.6 is 11.3 Å². The zero-order chi connectivity index (χ0) is 24.5. The van der Waals surface area contributed by atoms with Crippen molar-refractivity contribution in [3.05, 3.63) is 21.6 Å². The third kappa shape index (κ3) is 5.35. The number of carbonyl (C=O) groups is 1. The summed E-state index contributed by atoms with van der Waals surface area (Å²) >= 11 is 1.20. The minimum absolute atomic E-state index is 0.0355. The standard InChI is InChI=1S/C22H33N5O5S2/c1-15-10-16(2)12-27(11-15)34(30,31)20-17(3)33-21-19(20)22(29)26(14-24-21)13-18(28)23-4-5-25-6-8-32-9-7-25/h14-16H,4-13H2,1-3H3,(H,23,28). The van der Waals surface area contributed by atoms with E-state index in [0.717, 1.165) is 19.5 Å². The molecule has 2 fully saturated rings. The van der Waals surface area contributed by atoms with Crippen molar-refractivity contribution < 1.29 is 17.9 Å². The monoisotopic (exact) mass is 511 g/mol. The van der Waals surface area contributed by atoms with Crippen LogP contribution in [0.25, 0.3) is 10.2 Å². The molecule has 0 saturated carbocycles. The number of hydrogen-bond acceptors (Lipinski definition) is 8. The maximum Gasteiger partial charge on any atom is 0.263 e. The van der Waals surface area contributed by atoms with E-state index in [1.54, 1.807) is 6.92 Å². The van der Waals surface area contributed by atoms with Crippen LogP contribution in [0.1, 0.15) is 25.1 Å². The molecule has 0 spiro atoms. The summed E-state index contributed by atoms with van der Waals surface area (Å²) < 4.78 is 35.2. The Hall–Kier alpha value is -1.86. The highest BCUT2D eigenvalue weighted by molar-refractivity contribution is 7.89. The van der Waals surface area contributed by atoms with Gasteiger partial charge in [-0.3, -0.25) is 19.1 Å². The lowest BCUT2D eigenvalue weighted by molar-refractivity contribution is -0.121. The first-order valence-corrected chi connectivity index (χ1v) is 14.0. The molecule has 34 heavy (non-hydrogen) atoms. The summed E-state index contributed by atoms with van der Waals surface area (Å²) in [6.45, 7) is 10.7. The quantitative estimate of drug-likeness (QED) is 0.587. The van der Waals surface area contributed by atoms with Crippen molar-refractivity contribution in [2.45, 2.75) is 38.6 Å². The van der Waals surface area contributed by atoms with Crippen LogP contribution in [-0.4, -0.2) is 85.6 Å². The van der Waals surface area contributed by atoms with Gasteiger partial charge in [-0.1, -0.05) is 13.8 Å². The molecule has 4 rings (SSSR count). The lowest BCUT2D eigenvalue weighted by atomic mass is 9.94. The zero-order valence-electron chi connectivity index (χ0n) is 19.9. The van der Waals surface area contributed by atoms with Crippen LogP contribution in [0.3, 0.4) is 0 Å². The maximum absolute atomic E-state index is 13.6. The Morgan fingerprint density at radius 3 is 2.59 bits per heavy atom. The summed E-state index contributed by atoms with van der Waals surface area (Å²) in [7, 11) is -3.86. The van der Waals surface area contributed by atoms with Crippen molar-refractivity contribution in [1.29, 1.82) is 0 Å². The molecule has 2 aliphatic heterocycles. The number of aryl methyl sites for hydroxylation is 1. The number of carbonyl (C=O) groups excluding carboxylic acids is 1. The second kappa shape index (κ2) is 10.4. The first kappa shape index (κ1) is 25.2. The number of amides is 1. The number of nitrogens with one attached hydrogen (secondary N) is 1. The number of ether oxygens (including phenoxy) is 1. The summed E-state index contributed by atoms with van der Waals surface area (Å²) in [5.41, 5.74) is -0.505. The number of rotatable bonds is 7. The van der Waals surface area contributed by atoms with E-state index in [0.29, 0.717) is 49.1 Å². The summed E-state index contributed by atoms with van der Waals surface area (Å²) in [5.74, 6) is 0.186. The molecule has 2 saturated heterocycles. The van der Waals surface area contributed by atoms with Crippen LogP contribution in [-0.2, 0) is 26.1 Å². The van der Waals surface area contributed by atoms with Crippen molar-refractivity contribution >= 4 is 37.5 Å². The number of nitrogens with zero attached hydrogens (tertiary/aromatic N) is 4. The summed E-state index contributed by atoms with van der Waals surface area (Å²) in [6, 6.07) is 0. The van der Waals surface area contributed by atoms with Gasteiger partial charge in [-0.25, -0.2) is 13.4 Å². The number of aromatic nitrogens is 2. The number of hydrogen-bond donors (Lipinski definition) is 1. The van der Waals surface area contributed by atoms with Crippen LogP contribution in [0.5, 0.6) is 0 Å². The molecule has 188 valence electrons. The number of sulfonamides is 1. The van der Waals surface area contributed by atoms with Crippen LogP contribution in [0.2, 0.25) is 0 Å². The molecule has 0 aromatic carbocycles. The SMILES string of the molecule is Cc1sc2ncn(CC(=O)NCCN3CCOCC3)c(=O)c2c1S(=O)(=O)N1CC(C)CC(C)C1. The first-order valence-electron chi connectivity index (χ1n) is 11.7. The molecule has 12 heteroatoms. The minimum Gasteiger partial charge on any atom is -0.379 e. The molecule has 4 heterocycles. The Kier molecular flexibility index (Phi) is 7.72. The molecule has 10 nitrogen and oxygen atoms in total. The molecule has 2 atom stereocenters. The average Bonchev–Trinajstić information content (AvgIpc) is 3.13. The van der Waals surface area contributed by atoms with Gasteiger partial charge >= 0.3 is 0 Å². The Labute approximate surface area is 203 Å². The van der Waals surface area contributed by atoms with Crippen molar-refractivity contribution in [1.82, 2.24) is 24.1 Å². The van der Waals surface area contributed by atoms with E-state index >= 15 is 0 Å². The highest BCUT2D eigenvalue weighted by Gasteiger charge is 2.35. The predicted octanol–water partition coefficient (Wildman–Crippen LogP) is 0.881. The fraction of sp³-hybridized carbons (Fsp3) is 0.682. The van der Waals surface area contributed by atoms with Crippen molar-refractivity contribution in [2.24, 2.45) is 11.8 Å². The number of thiophene rings is 1. The highest BCUT2D eigenvalue weighted by atomic mass is 32.2. The fourth-order valence-electron chi connectivity index (χ4n) is 4.86. The van der Waals surface area contributed by atoms with Gasteiger partial charge in [0.1, 0.15) is 16.3 Å². The van der Waals surface area contributed by atoms with Gasteiger partial charge in [0.2, 0.25) is 15.9 Å². The number of fused-ring (bicyclic) bond motifs is 1. The van der Waals surface area contributed by atoms with Gasteiger partial charge in [0.25, 0.3) is 5.56 Å². The molecular formula is C22H33N5O5S2. The van der Waals surface area contributed by atoms with Gasteiger partial charge in [0.15, 0.2) is 0 Å². The second-order valence-electron chi connectivity index (χ2n) is 9.42. The van der Waals surface area contributed by atoms with E-state index in [9.17, 15) is 18.0 Å². The number of piperidine rings is 1. The number of morpholine rings is 1.